The lowest BCUT2D eigenvalue weighted by molar-refractivity contribution is 0.197. The first-order chi connectivity index (χ1) is 4.79. The van der Waals surface area contributed by atoms with Gasteiger partial charge in [0.1, 0.15) is 0 Å². The lowest BCUT2D eigenvalue weighted by Gasteiger charge is -2.14. The quantitative estimate of drug-likeness (QED) is 0.511. The van der Waals surface area contributed by atoms with Gasteiger partial charge in [-0.25, -0.2) is 0 Å². The Kier molecular flexibility index (Phi) is 2.94. The van der Waals surface area contributed by atoms with Gasteiger partial charge in [-0.2, -0.15) is 0 Å². The molecule has 1 nitrogen and oxygen atoms in total. The standard InChI is InChI=1S/C9H16O/c1-8-4-2-3-5-9(10)7-6-8/h3,5,8-10H,2,4,6-7H2,1H3/b5-3-/t8-,9?/m1/s1. The fourth-order valence-electron chi connectivity index (χ4n) is 1.33. The first-order valence-electron chi connectivity index (χ1n) is 4.14. The average molecular weight is 140 g/mol. The normalized spacial score (nSPS) is 38.2. The van der Waals surface area contributed by atoms with Crippen LogP contribution in [0.25, 0.3) is 0 Å². The Bertz CT molecular complexity index is 118. The summed E-state index contributed by atoms with van der Waals surface area (Å²) < 4.78 is 0. The van der Waals surface area contributed by atoms with Crippen molar-refractivity contribution in [2.75, 3.05) is 0 Å². The van der Waals surface area contributed by atoms with Gasteiger partial charge in [-0.3, -0.25) is 0 Å². The molecule has 0 aromatic heterocycles. The summed E-state index contributed by atoms with van der Waals surface area (Å²) in [6.07, 6.45) is 8.37. The Labute approximate surface area is 62.8 Å². The Morgan fingerprint density at radius 3 is 2.90 bits per heavy atom. The topological polar surface area (TPSA) is 20.2 Å². The highest BCUT2D eigenvalue weighted by Gasteiger charge is 2.07. The van der Waals surface area contributed by atoms with E-state index >= 15 is 0 Å². The van der Waals surface area contributed by atoms with E-state index in [-0.39, 0.29) is 6.10 Å². The molecule has 0 saturated carbocycles. The van der Waals surface area contributed by atoms with E-state index in [0.717, 1.165) is 18.8 Å². The van der Waals surface area contributed by atoms with Gasteiger partial charge in [0.25, 0.3) is 0 Å². The molecule has 0 spiro atoms. The second kappa shape index (κ2) is 3.77. The minimum Gasteiger partial charge on any atom is -0.389 e. The van der Waals surface area contributed by atoms with Crippen molar-refractivity contribution in [1.29, 1.82) is 0 Å². The van der Waals surface area contributed by atoms with Crippen molar-refractivity contribution < 1.29 is 5.11 Å². The van der Waals surface area contributed by atoms with Gasteiger partial charge in [0.2, 0.25) is 0 Å². The SMILES string of the molecule is C[C@@H]1CC/C=C\C(O)CC1. The van der Waals surface area contributed by atoms with Crippen molar-refractivity contribution in [3.8, 4) is 0 Å². The number of hydrogen-bond acceptors (Lipinski definition) is 1. The van der Waals surface area contributed by atoms with Gasteiger partial charge in [-0.05, 0) is 31.6 Å². The van der Waals surface area contributed by atoms with E-state index in [0.29, 0.717) is 0 Å². The van der Waals surface area contributed by atoms with E-state index < -0.39 is 0 Å². The van der Waals surface area contributed by atoms with Crippen LogP contribution < -0.4 is 0 Å². The summed E-state index contributed by atoms with van der Waals surface area (Å²) in [4.78, 5) is 0. The van der Waals surface area contributed by atoms with Gasteiger partial charge in [0.05, 0.1) is 6.10 Å². The van der Waals surface area contributed by atoms with Crippen LogP contribution in [0.3, 0.4) is 0 Å². The van der Waals surface area contributed by atoms with Gasteiger partial charge in [0, 0.05) is 0 Å². The van der Waals surface area contributed by atoms with E-state index in [1.807, 2.05) is 6.08 Å². The van der Waals surface area contributed by atoms with E-state index in [2.05, 4.69) is 13.0 Å². The highest BCUT2D eigenvalue weighted by molar-refractivity contribution is 4.90. The van der Waals surface area contributed by atoms with E-state index in [1.54, 1.807) is 0 Å². The summed E-state index contributed by atoms with van der Waals surface area (Å²) in [7, 11) is 0. The zero-order valence-electron chi connectivity index (χ0n) is 6.59. The Morgan fingerprint density at radius 1 is 1.30 bits per heavy atom. The van der Waals surface area contributed by atoms with E-state index in [9.17, 15) is 5.11 Å². The fraction of sp³-hybridized carbons (Fsp3) is 0.778. The maximum atomic E-state index is 9.25. The summed E-state index contributed by atoms with van der Waals surface area (Å²) in [5.74, 6) is 0.791. The van der Waals surface area contributed by atoms with Crippen molar-refractivity contribution >= 4 is 0 Å². The molecule has 0 aromatic carbocycles. The maximum absolute atomic E-state index is 9.25. The first-order valence-corrected chi connectivity index (χ1v) is 4.14. The highest BCUT2D eigenvalue weighted by atomic mass is 16.3. The summed E-state index contributed by atoms with van der Waals surface area (Å²) in [5, 5.41) is 9.25. The zero-order chi connectivity index (χ0) is 7.40. The number of aliphatic hydroxyl groups excluding tert-OH is 1. The minimum atomic E-state index is -0.178. The predicted octanol–water partition coefficient (Wildman–Crippen LogP) is 2.11. The van der Waals surface area contributed by atoms with Crippen LogP contribution in [-0.2, 0) is 0 Å². The van der Waals surface area contributed by atoms with E-state index in [4.69, 9.17) is 0 Å². The summed E-state index contributed by atoms with van der Waals surface area (Å²) in [6, 6.07) is 0. The third-order valence-electron chi connectivity index (χ3n) is 2.14. The zero-order valence-corrected chi connectivity index (χ0v) is 6.59. The maximum Gasteiger partial charge on any atom is 0.0721 e. The second-order valence-electron chi connectivity index (χ2n) is 3.26. The van der Waals surface area contributed by atoms with Crippen molar-refractivity contribution in [2.45, 2.75) is 38.7 Å². The third-order valence-corrected chi connectivity index (χ3v) is 2.14. The molecule has 0 heterocycles. The highest BCUT2D eigenvalue weighted by Crippen LogP contribution is 2.17. The van der Waals surface area contributed by atoms with Gasteiger partial charge in [-0.1, -0.05) is 19.1 Å². The van der Waals surface area contributed by atoms with Crippen LogP contribution in [0.1, 0.15) is 32.6 Å². The Morgan fingerprint density at radius 2 is 2.10 bits per heavy atom. The summed E-state index contributed by atoms with van der Waals surface area (Å²) in [5.41, 5.74) is 0. The molecule has 0 bridgehead atoms. The molecule has 1 unspecified atom stereocenters. The molecule has 0 aliphatic heterocycles. The monoisotopic (exact) mass is 140 g/mol. The van der Waals surface area contributed by atoms with Gasteiger partial charge < -0.3 is 5.11 Å². The molecule has 0 aromatic rings. The van der Waals surface area contributed by atoms with Crippen LogP contribution in [-0.4, -0.2) is 11.2 Å². The average Bonchev–Trinajstić information content (AvgIpc) is 1.90. The molecule has 58 valence electrons. The minimum absolute atomic E-state index is 0.178. The Hall–Kier alpha value is -0.300. The number of allylic oxidation sites excluding steroid dienone is 1. The lowest BCUT2D eigenvalue weighted by atomic mass is 9.95. The van der Waals surface area contributed by atoms with Crippen LogP contribution in [0, 0.1) is 5.92 Å². The molecule has 0 amide bonds. The first kappa shape index (κ1) is 7.80. The van der Waals surface area contributed by atoms with Crippen molar-refractivity contribution in [3.05, 3.63) is 12.2 Å². The smallest absolute Gasteiger partial charge is 0.0721 e. The molecule has 0 saturated heterocycles. The molecule has 1 heteroatoms. The molecule has 10 heavy (non-hydrogen) atoms. The van der Waals surface area contributed by atoms with Crippen LogP contribution in [0.5, 0.6) is 0 Å². The molecule has 1 rings (SSSR count). The summed E-state index contributed by atoms with van der Waals surface area (Å²) >= 11 is 0. The molecule has 0 fully saturated rings. The van der Waals surface area contributed by atoms with Gasteiger partial charge in [-0.15, -0.1) is 0 Å². The third kappa shape index (κ3) is 2.53. The molecule has 1 N–H and O–H groups in total. The number of hydrogen-bond donors (Lipinski definition) is 1. The van der Waals surface area contributed by atoms with Crippen molar-refractivity contribution in [1.82, 2.24) is 0 Å². The predicted molar refractivity (Wildman–Crippen MR) is 42.8 cm³/mol. The molecule has 1 aliphatic rings. The van der Waals surface area contributed by atoms with Gasteiger partial charge >= 0.3 is 0 Å². The van der Waals surface area contributed by atoms with E-state index in [1.165, 1.54) is 12.8 Å². The van der Waals surface area contributed by atoms with Gasteiger partial charge in [0.15, 0.2) is 0 Å². The van der Waals surface area contributed by atoms with Crippen LogP contribution >= 0.6 is 0 Å². The number of rotatable bonds is 0. The molecular formula is C9H16O. The number of aliphatic hydroxyl groups is 1. The van der Waals surface area contributed by atoms with Crippen molar-refractivity contribution in [2.24, 2.45) is 5.92 Å². The Balaban J connectivity index is 2.38. The molecule has 0 radical (unpaired) electrons. The summed E-state index contributed by atoms with van der Waals surface area (Å²) in [6.45, 7) is 2.26. The molecule has 2 atom stereocenters. The molecule has 1 aliphatic carbocycles. The largest absolute Gasteiger partial charge is 0.389 e. The fourth-order valence-corrected chi connectivity index (χ4v) is 1.33. The van der Waals surface area contributed by atoms with Crippen LogP contribution in [0.2, 0.25) is 0 Å². The lowest BCUT2D eigenvalue weighted by Crippen LogP contribution is -2.07. The van der Waals surface area contributed by atoms with Crippen LogP contribution in [0.4, 0.5) is 0 Å². The van der Waals surface area contributed by atoms with Crippen LogP contribution in [0.15, 0.2) is 12.2 Å². The second-order valence-corrected chi connectivity index (χ2v) is 3.26. The molecular weight excluding hydrogens is 124 g/mol. The van der Waals surface area contributed by atoms with Crippen molar-refractivity contribution in [3.63, 3.8) is 0 Å².